The third kappa shape index (κ3) is 4.82. The smallest absolute Gasteiger partial charge is 0.273 e. The summed E-state index contributed by atoms with van der Waals surface area (Å²) in [4.78, 5) is 12.1. The van der Waals surface area contributed by atoms with Crippen molar-refractivity contribution in [2.24, 2.45) is 0 Å². The molecule has 6 heteroatoms. The van der Waals surface area contributed by atoms with E-state index in [2.05, 4.69) is 17.4 Å². The maximum absolute atomic E-state index is 12.1. The van der Waals surface area contributed by atoms with Gasteiger partial charge in [-0.05, 0) is 36.6 Å². The molecule has 6 nitrogen and oxygen atoms in total. The number of carbonyl (C=O) groups excluding carboxylic acids is 1. The molecule has 0 unspecified atom stereocenters. The molecule has 1 heterocycles. The van der Waals surface area contributed by atoms with Gasteiger partial charge in [0.1, 0.15) is 12.4 Å². The molecule has 1 N–H and O–H groups in total. The number of aryl methyl sites for hydroxylation is 1. The predicted molar refractivity (Wildman–Crippen MR) is 85.4 cm³/mol. The zero-order chi connectivity index (χ0) is 16.7. The molecule has 0 spiro atoms. The van der Waals surface area contributed by atoms with Crippen molar-refractivity contribution >= 4 is 5.91 Å². The van der Waals surface area contributed by atoms with Gasteiger partial charge in [0.15, 0.2) is 11.5 Å². The molecule has 0 aliphatic heterocycles. The second-order valence-corrected chi connectivity index (χ2v) is 5.23. The molecule has 0 aliphatic carbocycles. The third-order valence-corrected chi connectivity index (χ3v) is 3.30. The molecule has 0 radical (unpaired) electrons. The van der Waals surface area contributed by atoms with Crippen molar-refractivity contribution in [2.45, 2.75) is 33.4 Å². The second-order valence-electron chi connectivity index (χ2n) is 5.23. The molecule has 2 aromatic rings. The molecule has 0 fully saturated rings. The van der Waals surface area contributed by atoms with E-state index in [1.165, 1.54) is 0 Å². The number of hydrogen-bond donors (Lipinski definition) is 1. The van der Waals surface area contributed by atoms with E-state index in [1.54, 1.807) is 13.2 Å². The molecule has 2 rings (SSSR count). The SMILES string of the molecule is CCCOc1ccc(CNC(=O)c2cc(COC)on2)c(C)c1. The van der Waals surface area contributed by atoms with Crippen molar-refractivity contribution in [2.75, 3.05) is 13.7 Å². The van der Waals surface area contributed by atoms with E-state index in [4.69, 9.17) is 14.0 Å². The Balaban J connectivity index is 1.92. The van der Waals surface area contributed by atoms with Crippen molar-refractivity contribution in [1.29, 1.82) is 0 Å². The molecule has 1 aromatic carbocycles. The lowest BCUT2D eigenvalue weighted by molar-refractivity contribution is 0.0941. The number of methoxy groups -OCH3 is 1. The van der Waals surface area contributed by atoms with E-state index in [1.807, 2.05) is 25.1 Å². The molecule has 0 aliphatic rings. The van der Waals surface area contributed by atoms with Crippen molar-refractivity contribution in [3.8, 4) is 5.75 Å². The summed E-state index contributed by atoms with van der Waals surface area (Å²) in [7, 11) is 1.55. The monoisotopic (exact) mass is 318 g/mol. The highest BCUT2D eigenvalue weighted by Crippen LogP contribution is 2.17. The third-order valence-electron chi connectivity index (χ3n) is 3.30. The summed E-state index contributed by atoms with van der Waals surface area (Å²) < 4.78 is 15.5. The number of rotatable bonds is 8. The maximum atomic E-state index is 12.1. The van der Waals surface area contributed by atoms with Gasteiger partial charge in [-0.3, -0.25) is 4.79 Å². The Morgan fingerprint density at radius 3 is 2.87 bits per heavy atom. The zero-order valence-electron chi connectivity index (χ0n) is 13.7. The van der Waals surface area contributed by atoms with Gasteiger partial charge in [0.2, 0.25) is 0 Å². The van der Waals surface area contributed by atoms with Crippen LogP contribution in [-0.4, -0.2) is 24.8 Å². The van der Waals surface area contributed by atoms with Gasteiger partial charge in [0, 0.05) is 19.7 Å². The molecule has 1 aromatic heterocycles. The summed E-state index contributed by atoms with van der Waals surface area (Å²) in [6.07, 6.45) is 0.972. The average molecular weight is 318 g/mol. The highest BCUT2D eigenvalue weighted by Gasteiger charge is 2.12. The maximum Gasteiger partial charge on any atom is 0.273 e. The van der Waals surface area contributed by atoms with Crippen LogP contribution in [0.4, 0.5) is 0 Å². The number of amides is 1. The van der Waals surface area contributed by atoms with Gasteiger partial charge in [-0.15, -0.1) is 0 Å². The Kier molecular flexibility index (Phi) is 6.17. The Hall–Kier alpha value is -2.34. The number of hydrogen-bond acceptors (Lipinski definition) is 5. The van der Waals surface area contributed by atoms with Gasteiger partial charge >= 0.3 is 0 Å². The van der Waals surface area contributed by atoms with Crippen molar-refractivity contribution in [3.63, 3.8) is 0 Å². The van der Waals surface area contributed by atoms with Crippen LogP contribution in [0.5, 0.6) is 5.75 Å². The first-order valence-electron chi connectivity index (χ1n) is 7.59. The van der Waals surface area contributed by atoms with Crippen LogP contribution in [0, 0.1) is 6.92 Å². The zero-order valence-corrected chi connectivity index (χ0v) is 13.7. The first-order valence-corrected chi connectivity index (χ1v) is 7.59. The Morgan fingerprint density at radius 1 is 1.35 bits per heavy atom. The van der Waals surface area contributed by atoms with Gasteiger partial charge in [-0.1, -0.05) is 18.1 Å². The molecule has 23 heavy (non-hydrogen) atoms. The number of benzene rings is 1. The molecule has 124 valence electrons. The fourth-order valence-corrected chi connectivity index (χ4v) is 2.07. The molecule has 0 atom stereocenters. The summed E-state index contributed by atoms with van der Waals surface area (Å²) in [5, 5.41) is 6.56. The summed E-state index contributed by atoms with van der Waals surface area (Å²) in [6.45, 7) is 5.47. The van der Waals surface area contributed by atoms with Crippen LogP contribution in [0.2, 0.25) is 0 Å². The van der Waals surface area contributed by atoms with Crippen LogP contribution >= 0.6 is 0 Å². The first kappa shape index (κ1) is 17.0. The number of carbonyl (C=O) groups is 1. The van der Waals surface area contributed by atoms with Crippen LogP contribution in [0.1, 0.15) is 40.7 Å². The van der Waals surface area contributed by atoms with Crippen LogP contribution < -0.4 is 10.1 Å². The van der Waals surface area contributed by atoms with E-state index in [0.29, 0.717) is 25.5 Å². The van der Waals surface area contributed by atoms with Gasteiger partial charge in [0.05, 0.1) is 6.61 Å². The molecule has 0 bridgehead atoms. The summed E-state index contributed by atoms with van der Waals surface area (Å²) >= 11 is 0. The van der Waals surface area contributed by atoms with Crippen molar-refractivity contribution in [3.05, 3.63) is 46.8 Å². The molecular weight excluding hydrogens is 296 g/mol. The van der Waals surface area contributed by atoms with Crippen molar-refractivity contribution in [1.82, 2.24) is 10.5 Å². The van der Waals surface area contributed by atoms with Crippen LogP contribution in [0.3, 0.4) is 0 Å². The minimum atomic E-state index is -0.276. The van der Waals surface area contributed by atoms with Gasteiger partial charge in [0.25, 0.3) is 5.91 Å². The Bertz CT molecular complexity index is 652. The summed E-state index contributed by atoms with van der Waals surface area (Å²) in [5.41, 5.74) is 2.35. The number of aromatic nitrogens is 1. The minimum absolute atomic E-state index is 0.248. The number of nitrogens with zero attached hydrogens (tertiary/aromatic N) is 1. The molecular formula is C17H22N2O4. The number of ether oxygens (including phenoxy) is 2. The molecule has 0 saturated carbocycles. The van der Waals surface area contributed by atoms with Crippen LogP contribution in [-0.2, 0) is 17.9 Å². The van der Waals surface area contributed by atoms with Gasteiger partial charge in [-0.25, -0.2) is 0 Å². The minimum Gasteiger partial charge on any atom is -0.494 e. The predicted octanol–water partition coefficient (Wildman–Crippen LogP) is 2.85. The highest BCUT2D eigenvalue weighted by atomic mass is 16.5. The normalized spacial score (nSPS) is 10.6. The Morgan fingerprint density at radius 2 is 2.17 bits per heavy atom. The highest BCUT2D eigenvalue weighted by molar-refractivity contribution is 5.92. The van der Waals surface area contributed by atoms with E-state index in [9.17, 15) is 4.79 Å². The molecule has 1 amide bonds. The lowest BCUT2D eigenvalue weighted by Crippen LogP contribution is -2.23. The topological polar surface area (TPSA) is 73.6 Å². The van der Waals surface area contributed by atoms with Gasteiger partial charge in [-0.2, -0.15) is 0 Å². The molecule has 0 saturated heterocycles. The van der Waals surface area contributed by atoms with E-state index in [0.717, 1.165) is 23.3 Å². The van der Waals surface area contributed by atoms with Crippen LogP contribution in [0.15, 0.2) is 28.8 Å². The average Bonchev–Trinajstić information content (AvgIpc) is 3.01. The van der Waals surface area contributed by atoms with Gasteiger partial charge < -0.3 is 19.3 Å². The fourth-order valence-electron chi connectivity index (χ4n) is 2.07. The van der Waals surface area contributed by atoms with E-state index in [-0.39, 0.29) is 11.6 Å². The first-order chi connectivity index (χ1) is 11.1. The van der Waals surface area contributed by atoms with Crippen molar-refractivity contribution < 1.29 is 18.8 Å². The van der Waals surface area contributed by atoms with Crippen LogP contribution in [0.25, 0.3) is 0 Å². The summed E-state index contributed by atoms with van der Waals surface area (Å²) in [5.74, 6) is 1.09. The Labute approximate surface area is 135 Å². The van der Waals surface area contributed by atoms with E-state index < -0.39 is 0 Å². The quantitative estimate of drug-likeness (QED) is 0.810. The standard InChI is InChI=1S/C17H22N2O4/c1-4-7-22-14-6-5-13(12(2)8-14)10-18-17(20)16-9-15(11-21-3)23-19-16/h5-6,8-9H,4,7,10-11H2,1-3H3,(H,18,20). The second kappa shape index (κ2) is 8.33. The summed E-state index contributed by atoms with van der Waals surface area (Å²) in [6, 6.07) is 7.42. The largest absolute Gasteiger partial charge is 0.494 e. The number of nitrogens with one attached hydrogen (secondary N) is 1. The lowest BCUT2D eigenvalue weighted by atomic mass is 10.1. The lowest BCUT2D eigenvalue weighted by Gasteiger charge is -2.10. The van der Waals surface area contributed by atoms with E-state index >= 15 is 0 Å². The fraction of sp³-hybridized carbons (Fsp3) is 0.412.